The first-order valence-corrected chi connectivity index (χ1v) is 6.36. The number of hydrogen-bond acceptors (Lipinski definition) is 3. The molecule has 0 radical (unpaired) electrons. The second-order valence-electron chi connectivity index (χ2n) is 4.79. The van der Waals surface area contributed by atoms with E-state index >= 15 is 0 Å². The molecule has 2 aliphatic rings. The van der Waals surface area contributed by atoms with Crippen LogP contribution in [0.3, 0.4) is 0 Å². The van der Waals surface area contributed by atoms with Crippen molar-refractivity contribution < 1.29 is 14.3 Å². The van der Waals surface area contributed by atoms with Crippen molar-refractivity contribution in [3.8, 4) is 0 Å². The number of carbonyl (C=O) groups excluding carboxylic acids is 2. The average molecular weight is 240 g/mol. The smallest absolute Gasteiger partial charge is 0.245 e. The van der Waals surface area contributed by atoms with Crippen molar-refractivity contribution in [2.75, 3.05) is 26.3 Å². The highest BCUT2D eigenvalue weighted by Crippen LogP contribution is 2.16. The lowest BCUT2D eigenvalue weighted by atomic mass is 10.1. The summed E-state index contributed by atoms with van der Waals surface area (Å²) in [7, 11) is 0. The Morgan fingerprint density at radius 3 is 2.94 bits per heavy atom. The van der Waals surface area contributed by atoms with Gasteiger partial charge in [0.25, 0.3) is 0 Å². The van der Waals surface area contributed by atoms with Crippen LogP contribution in [0.1, 0.15) is 26.2 Å². The normalized spacial score (nSPS) is 30.3. The number of nitrogens with zero attached hydrogens (tertiary/aromatic N) is 1. The van der Waals surface area contributed by atoms with Gasteiger partial charge < -0.3 is 15.0 Å². The molecule has 2 amide bonds. The third kappa shape index (κ3) is 2.97. The Bertz CT molecular complexity index is 300. The lowest BCUT2D eigenvalue weighted by Crippen LogP contribution is -2.45. The van der Waals surface area contributed by atoms with E-state index in [4.69, 9.17) is 4.74 Å². The van der Waals surface area contributed by atoms with Gasteiger partial charge in [-0.3, -0.25) is 9.59 Å². The maximum absolute atomic E-state index is 12.2. The molecule has 2 saturated heterocycles. The lowest BCUT2D eigenvalue weighted by Gasteiger charge is -2.25. The number of ether oxygens (including phenoxy) is 1. The third-order valence-corrected chi connectivity index (χ3v) is 3.46. The largest absolute Gasteiger partial charge is 0.381 e. The first-order chi connectivity index (χ1) is 8.20. The Kier molecular flexibility index (Phi) is 3.99. The quantitative estimate of drug-likeness (QED) is 0.764. The molecule has 17 heavy (non-hydrogen) atoms. The van der Waals surface area contributed by atoms with Crippen LogP contribution >= 0.6 is 0 Å². The molecule has 2 rings (SSSR count). The molecule has 0 bridgehead atoms. The van der Waals surface area contributed by atoms with E-state index in [0.29, 0.717) is 25.3 Å². The molecule has 0 saturated carbocycles. The van der Waals surface area contributed by atoms with Crippen LogP contribution in [-0.4, -0.2) is 49.1 Å². The zero-order valence-electron chi connectivity index (χ0n) is 10.3. The van der Waals surface area contributed by atoms with Crippen molar-refractivity contribution in [1.82, 2.24) is 10.2 Å². The van der Waals surface area contributed by atoms with E-state index < -0.39 is 0 Å². The second kappa shape index (κ2) is 5.49. The predicted molar refractivity (Wildman–Crippen MR) is 62.3 cm³/mol. The van der Waals surface area contributed by atoms with Gasteiger partial charge in [0, 0.05) is 32.0 Å². The molecule has 0 aromatic heterocycles. The standard InChI is InChI=1S/C12H20N2O3/c1-2-10-12(16)14(5-3-11(15)13-10)7-9-4-6-17-8-9/h9-10H,2-8H2,1H3,(H,13,15). The fourth-order valence-electron chi connectivity index (χ4n) is 2.39. The molecule has 0 aromatic carbocycles. The van der Waals surface area contributed by atoms with E-state index in [-0.39, 0.29) is 17.9 Å². The predicted octanol–water partition coefficient (Wildman–Crippen LogP) is 0.150. The summed E-state index contributed by atoms with van der Waals surface area (Å²) in [5, 5.41) is 2.77. The van der Waals surface area contributed by atoms with Gasteiger partial charge in [-0.25, -0.2) is 0 Å². The number of amides is 2. The Morgan fingerprint density at radius 2 is 2.29 bits per heavy atom. The minimum absolute atomic E-state index is 0.0182. The molecule has 5 nitrogen and oxygen atoms in total. The zero-order chi connectivity index (χ0) is 12.3. The molecule has 2 heterocycles. The van der Waals surface area contributed by atoms with Crippen molar-refractivity contribution in [2.45, 2.75) is 32.2 Å². The molecule has 2 atom stereocenters. The fourth-order valence-corrected chi connectivity index (χ4v) is 2.39. The van der Waals surface area contributed by atoms with Gasteiger partial charge in [-0.05, 0) is 12.8 Å². The van der Waals surface area contributed by atoms with Crippen molar-refractivity contribution >= 4 is 11.8 Å². The summed E-state index contributed by atoms with van der Waals surface area (Å²) in [4.78, 5) is 25.5. The van der Waals surface area contributed by atoms with Crippen LogP contribution in [-0.2, 0) is 14.3 Å². The molecular formula is C12H20N2O3. The Morgan fingerprint density at radius 1 is 1.47 bits per heavy atom. The summed E-state index contributed by atoms with van der Waals surface area (Å²) >= 11 is 0. The van der Waals surface area contributed by atoms with Crippen LogP contribution in [0.25, 0.3) is 0 Å². The summed E-state index contributed by atoms with van der Waals surface area (Å²) in [6, 6.07) is -0.340. The van der Waals surface area contributed by atoms with E-state index in [9.17, 15) is 9.59 Å². The van der Waals surface area contributed by atoms with Gasteiger partial charge in [0.15, 0.2) is 0 Å². The number of carbonyl (C=O) groups is 2. The monoisotopic (exact) mass is 240 g/mol. The van der Waals surface area contributed by atoms with Gasteiger partial charge in [0.05, 0.1) is 6.61 Å². The highest BCUT2D eigenvalue weighted by molar-refractivity contribution is 5.89. The average Bonchev–Trinajstić information content (AvgIpc) is 2.78. The van der Waals surface area contributed by atoms with Crippen LogP contribution in [0.2, 0.25) is 0 Å². The van der Waals surface area contributed by atoms with E-state index in [1.54, 1.807) is 0 Å². The molecule has 2 unspecified atom stereocenters. The number of hydrogen-bond donors (Lipinski definition) is 1. The van der Waals surface area contributed by atoms with Crippen LogP contribution in [0.15, 0.2) is 0 Å². The second-order valence-corrected chi connectivity index (χ2v) is 4.79. The first kappa shape index (κ1) is 12.4. The fraction of sp³-hybridized carbons (Fsp3) is 0.833. The molecular weight excluding hydrogens is 220 g/mol. The minimum Gasteiger partial charge on any atom is -0.381 e. The Labute approximate surface area is 101 Å². The van der Waals surface area contributed by atoms with Crippen molar-refractivity contribution in [2.24, 2.45) is 5.92 Å². The summed E-state index contributed by atoms with van der Waals surface area (Å²) < 4.78 is 5.32. The van der Waals surface area contributed by atoms with Gasteiger partial charge in [-0.1, -0.05) is 6.92 Å². The highest BCUT2D eigenvalue weighted by atomic mass is 16.5. The summed E-state index contributed by atoms with van der Waals surface area (Å²) in [6.07, 6.45) is 2.08. The van der Waals surface area contributed by atoms with Gasteiger partial charge in [-0.2, -0.15) is 0 Å². The minimum atomic E-state index is -0.340. The highest BCUT2D eigenvalue weighted by Gasteiger charge is 2.30. The van der Waals surface area contributed by atoms with Gasteiger partial charge >= 0.3 is 0 Å². The molecule has 2 aliphatic heterocycles. The van der Waals surface area contributed by atoms with Crippen LogP contribution in [0.5, 0.6) is 0 Å². The molecule has 2 fully saturated rings. The SMILES string of the molecule is CCC1NC(=O)CCN(CC2CCOC2)C1=O. The van der Waals surface area contributed by atoms with E-state index in [1.807, 2.05) is 11.8 Å². The van der Waals surface area contributed by atoms with Crippen molar-refractivity contribution in [3.63, 3.8) is 0 Å². The van der Waals surface area contributed by atoms with Gasteiger partial charge in [-0.15, -0.1) is 0 Å². The van der Waals surface area contributed by atoms with Gasteiger partial charge in [0.1, 0.15) is 6.04 Å². The maximum Gasteiger partial charge on any atom is 0.245 e. The van der Waals surface area contributed by atoms with E-state index in [2.05, 4.69) is 5.32 Å². The number of rotatable bonds is 3. The van der Waals surface area contributed by atoms with E-state index in [0.717, 1.165) is 26.2 Å². The summed E-state index contributed by atoms with van der Waals surface area (Å²) in [5.41, 5.74) is 0. The maximum atomic E-state index is 12.2. The molecule has 0 spiro atoms. The summed E-state index contributed by atoms with van der Waals surface area (Å²) in [6.45, 7) is 4.72. The Hall–Kier alpha value is -1.10. The van der Waals surface area contributed by atoms with Crippen molar-refractivity contribution in [1.29, 1.82) is 0 Å². The lowest BCUT2D eigenvalue weighted by molar-refractivity contribution is -0.134. The Balaban J connectivity index is 1.98. The topological polar surface area (TPSA) is 58.6 Å². The molecule has 96 valence electrons. The molecule has 1 N–H and O–H groups in total. The molecule has 0 aliphatic carbocycles. The summed E-state index contributed by atoms with van der Waals surface area (Å²) in [5.74, 6) is 0.477. The number of nitrogens with one attached hydrogen (secondary N) is 1. The van der Waals surface area contributed by atoms with Crippen LogP contribution in [0.4, 0.5) is 0 Å². The van der Waals surface area contributed by atoms with Gasteiger partial charge in [0.2, 0.25) is 11.8 Å². The molecule has 5 heteroatoms. The third-order valence-electron chi connectivity index (χ3n) is 3.46. The molecule has 0 aromatic rings. The van der Waals surface area contributed by atoms with Crippen LogP contribution in [0, 0.1) is 5.92 Å². The zero-order valence-corrected chi connectivity index (χ0v) is 10.3. The van der Waals surface area contributed by atoms with Crippen molar-refractivity contribution in [3.05, 3.63) is 0 Å². The van der Waals surface area contributed by atoms with E-state index in [1.165, 1.54) is 0 Å². The first-order valence-electron chi connectivity index (χ1n) is 6.36. The van der Waals surface area contributed by atoms with Crippen LogP contribution < -0.4 is 5.32 Å².